The number of ether oxygens (including phenoxy) is 1. The van der Waals surface area contributed by atoms with Crippen molar-refractivity contribution in [3.05, 3.63) is 35.4 Å². The van der Waals surface area contributed by atoms with Gasteiger partial charge in [-0.2, -0.15) is 13.2 Å². The van der Waals surface area contributed by atoms with Crippen LogP contribution in [0.15, 0.2) is 24.3 Å². The number of likely N-dealkylation sites (tertiary alicyclic amines) is 1. The third kappa shape index (κ3) is 3.41. The van der Waals surface area contributed by atoms with Gasteiger partial charge in [-0.25, -0.2) is 0 Å². The van der Waals surface area contributed by atoms with E-state index in [9.17, 15) is 23.1 Å². The molecule has 3 atom stereocenters. The number of hydrogen-bond donors (Lipinski definition) is 1. The van der Waals surface area contributed by atoms with Crippen molar-refractivity contribution in [2.45, 2.75) is 37.8 Å². The average Bonchev–Trinajstić information content (AvgIpc) is 2.87. The summed E-state index contributed by atoms with van der Waals surface area (Å²) in [6.45, 7) is 1.66. The largest absolute Gasteiger partial charge is 0.416 e. The Morgan fingerprint density at radius 1 is 1.45 bits per heavy atom. The van der Waals surface area contributed by atoms with Crippen LogP contribution in [0.2, 0.25) is 0 Å². The van der Waals surface area contributed by atoms with E-state index in [2.05, 4.69) is 0 Å². The molecule has 3 unspecified atom stereocenters. The second-order valence-electron chi connectivity index (χ2n) is 5.40. The molecule has 1 saturated heterocycles. The number of aliphatic hydroxyl groups excluding tert-OH is 1. The van der Waals surface area contributed by atoms with Gasteiger partial charge in [0.15, 0.2) is 0 Å². The van der Waals surface area contributed by atoms with Gasteiger partial charge in [-0.1, -0.05) is 12.1 Å². The molecule has 1 aromatic rings. The summed E-state index contributed by atoms with van der Waals surface area (Å²) >= 11 is 0. The standard InChI is InChI=1S/C15H18F3NO3/c1-9(22-2)14(21)19-8-12(20)7-13(19)10-4-3-5-11(6-10)15(16,17)18/h3-6,9,12-13,20H,7-8H2,1-2H3. The molecule has 1 aliphatic rings. The molecule has 0 spiro atoms. The van der Waals surface area contributed by atoms with Gasteiger partial charge < -0.3 is 14.7 Å². The molecule has 22 heavy (non-hydrogen) atoms. The summed E-state index contributed by atoms with van der Waals surface area (Å²) in [7, 11) is 1.38. The molecule has 0 bridgehead atoms. The molecule has 0 saturated carbocycles. The molecular weight excluding hydrogens is 299 g/mol. The van der Waals surface area contributed by atoms with E-state index in [-0.39, 0.29) is 18.9 Å². The van der Waals surface area contributed by atoms with E-state index >= 15 is 0 Å². The normalized spacial score (nSPS) is 23.6. The minimum atomic E-state index is -4.44. The fourth-order valence-electron chi connectivity index (χ4n) is 2.63. The first-order valence-corrected chi connectivity index (χ1v) is 6.92. The molecule has 1 aromatic carbocycles. The van der Waals surface area contributed by atoms with Crippen LogP contribution in [0.1, 0.15) is 30.5 Å². The van der Waals surface area contributed by atoms with Gasteiger partial charge in [-0.05, 0) is 31.0 Å². The molecule has 2 rings (SSSR count). The molecule has 1 heterocycles. The first-order chi connectivity index (χ1) is 10.2. The zero-order chi connectivity index (χ0) is 16.5. The molecule has 7 heteroatoms. The van der Waals surface area contributed by atoms with Gasteiger partial charge in [0, 0.05) is 13.7 Å². The highest BCUT2D eigenvalue weighted by atomic mass is 19.4. The van der Waals surface area contributed by atoms with Gasteiger partial charge in [0.05, 0.1) is 17.7 Å². The van der Waals surface area contributed by atoms with Gasteiger partial charge in [0.2, 0.25) is 0 Å². The third-order valence-corrected chi connectivity index (χ3v) is 3.86. The van der Waals surface area contributed by atoms with E-state index in [1.165, 1.54) is 24.1 Å². The summed E-state index contributed by atoms with van der Waals surface area (Å²) in [5, 5.41) is 9.81. The number of aliphatic hydroxyl groups is 1. The molecule has 0 aromatic heterocycles. The van der Waals surface area contributed by atoms with E-state index in [0.717, 1.165) is 12.1 Å². The quantitative estimate of drug-likeness (QED) is 0.931. The van der Waals surface area contributed by atoms with Crippen molar-refractivity contribution in [1.82, 2.24) is 4.90 Å². The van der Waals surface area contributed by atoms with E-state index in [1.807, 2.05) is 0 Å². The Morgan fingerprint density at radius 3 is 2.73 bits per heavy atom. The van der Waals surface area contributed by atoms with Crippen molar-refractivity contribution in [2.75, 3.05) is 13.7 Å². The third-order valence-electron chi connectivity index (χ3n) is 3.86. The van der Waals surface area contributed by atoms with Gasteiger partial charge in [0.1, 0.15) is 6.10 Å². The molecule has 1 amide bonds. The number of halogens is 3. The van der Waals surface area contributed by atoms with E-state index < -0.39 is 30.0 Å². The van der Waals surface area contributed by atoms with Crippen molar-refractivity contribution < 1.29 is 27.8 Å². The number of benzene rings is 1. The monoisotopic (exact) mass is 317 g/mol. The number of methoxy groups -OCH3 is 1. The number of amides is 1. The molecule has 4 nitrogen and oxygen atoms in total. The average molecular weight is 317 g/mol. The van der Waals surface area contributed by atoms with Gasteiger partial charge in [-0.15, -0.1) is 0 Å². The summed E-state index contributed by atoms with van der Waals surface area (Å²) in [5.74, 6) is -0.346. The van der Waals surface area contributed by atoms with E-state index in [0.29, 0.717) is 5.56 Å². The topological polar surface area (TPSA) is 49.8 Å². The summed E-state index contributed by atoms with van der Waals surface area (Å²) < 4.78 is 43.4. The predicted octanol–water partition coefficient (Wildman–Crippen LogP) is 2.37. The van der Waals surface area contributed by atoms with Gasteiger partial charge >= 0.3 is 6.18 Å². The van der Waals surface area contributed by atoms with Crippen LogP contribution in [0.3, 0.4) is 0 Å². The number of carbonyl (C=O) groups is 1. The van der Waals surface area contributed by atoms with E-state index in [1.54, 1.807) is 6.92 Å². The number of alkyl halides is 3. The molecule has 0 aliphatic carbocycles. The van der Waals surface area contributed by atoms with Crippen LogP contribution in [0.5, 0.6) is 0 Å². The number of hydrogen-bond acceptors (Lipinski definition) is 3. The first-order valence-electron chi connectivity index (χ1n) is 6.92. The second kappa shape index (κ2) is 6.26. The first kappa shape index (κ1) is 16.8. The van der Waals surface area contributed by atoms with Gasteiger partial charge in [0.25, 0.3) is 5.91 Å². The molecule has 1 N–H and O–H groups in total. The Hall–Kier alpha value is -1.60. The van der Waals surface area contributed by atoms with E-state index in [4.69, 9.17) is 4.74 Å². The minimum Gasteiger partial charge on any atom is -0.391 e. The zero-order valence-corrected chi connectivity index (χ0v) is 12.3. The van der Waals surface area contributed by atoms with Crippen molar-refractivity contribution in [3.8, 4) is 0 Å². The lowest BCUT2D eigenvalue weighted by atomic mass is 10.0. The van der Waals surface area contributed by atoms with Crippen molar-refractivity contribution in [2.24, 2.45) is 0 Å². The maximum Gasteiger partial charge on any atom is 0.416 e. The van der Waals surface area contributed by atoms with Crippen LogP contribution in [0, 0.1) is 0 Å². The molecule has 0 radical (unpaired) electrons. The minimum absolute atomic E-state index is 0.0907. The number of rotatable bonds is 3. The smallest absolute Gasteiger partial charge is 0.391 e. The van der Waals surface area contributed by atoms with Crippen molar-refractivity contribution in [3.63, 3.8) is 0 Å². The SMILES string of the molecule is COC(C)C(=O)N1CC(O)CC1c1cccc(C(F)(F)F)c1. The molecule has 1 fully saturated rings. The fraction of sp³-hybridized carbons (Fsp3) is 0.533. The summed E-state index contributed by atoms with van der Waals surface area (Å²) in [6, 6.07) is 4.28. The highest BCUT2D eigenvalue weighted by Gasteiger charge is 2.38. The maximum atomic E-state index is 12.8. The Morgan fingerprint density at radius 2 is 2.14 bits per heavy atom. The zero-order valence-electron chi connectivity index (χ0n) is 12.3. The van der Waals surface area contributed by atoms with Crippen LogP contribution in [-0.2, 0) is 15.7 Å². The number of nitrogens with zero attached hydrogens (tertiary/aromatic N) is 1. The van der Waals surface area contributed by atoms with Gasteiger partial charge in [-0.3, -0.25) is 4.79 Å². The Bertz CT molecular complexity index is 547. The summed E-state index contributed by atoms with van der Waals surface area (Å²) in [5.41, 5.74) is -0.401. The van der Waals surface area contributed by atoms with Crippen LogP contribution in [0.4, 0.5) is 13.2 Å². The number of β-amino-alcohol motifs (C(OH)–C–C–N with tert-alkyl or cyclic N) is 1. The molecule has 1 aliphatic heterocycles. The van der Waals surface area contributed by atoms with Crippen LogP contribution >= 0.6 is 0 Å². The maximum absolute atomic E-state index is 12.8. The van der Waals surface area contributed by atoms with Crippen molar-refractivity contribution >= 4 is 5.91 Å². The van der Waals surface area contributed by atoms with Crippen LogP contribution < -0.4 is 0 Å². The fourth-order valence-corrected chi connectivity index (χ4v) is 2.63. The van der Waals surface area contributed by atoms with Crippen LogP contribution in [0.25, 0.3) is 0 Å². The lowest BCUT2D eigenvalue weighted by molar-refractivity contribution is -0.142. The van der Waals surface area contributed by atoms with Crippen LogP contribution in [-0.4, -0.2) is 41.8 Å². The summed E-state index contributed by atoms with van der Waals surface area (Å²) in [4.78, 5) is 13.6. The molecular formula is C15H18F3NO3. The highest BCUT2D eigenvalue weighted by Crippen LogP contribution is 2.36. The summed E-state index contributed by atoms with van der Waals surface area (Å²) in [6.07, 6.45) is -5.70. The Balaban J connectivity index is 2.31. The van der Waals surface area contributed by atoms with Crippen molar-refractivity contribution in [1.29, 1.82) is 0 Å². The number of carbonyl (C=O) groups excluding carboxylic acids is 1. The Labute approximate surface area is 126 Å². The Kier molecular flexibility index (Phi) is 4.77. The second-order valence-corrected chi connectivity index (χ2v) is 5.40. The highest BCUT2D eigenvalue weighted by molar-refractivity contribution is 5.81. The lowest BCUT2D eigenvalue weighted by Crippen LogP contribution is -2.39. The lowest BCUT2D eigenvalue weighted by Gasteiger charge is -2.27. The predicted molar refractivity (Wildman–Crippen MR) is 73.0 cm³/mol. The molecule has 122 valence electrons.